The zero-order chi connectivity index (χ0) is 16.6. The van der Waals surface area contributed by atoms with E-state index in [-0.39, 0.29) is 27.1 Å². The monoisotopic (exact) mass is 332 g/mol. The van der Waals surface area contributed by atoms with Gasteiger partial charge in [0.15, 0.2) is 0 Å². The van der Waals surface area contributed by atoms with Gasteiger partial charge in [0.05, 0.1) is 10.6 Å². The molecule has 0 aliphatic carbocycles. The van der Waals surface area contributed by atoms with Gasteiger partial charge >= 0.3 is 0 Å². The lowest BCUT2D eigenvalue weighted by atomic mass is 10.2. The highest BCUT2D eigenvalue weighted by atomic mass is 32.2. The molecule has 0 unspecified atom stereocenters. The molecule has 0 spiro atoms. The van der Waals surface area contributed by atoms with E-state index in [9.17, 15) is 17.9 Å². The maximum absolute atomic E-state index is 13.8. The van der Waals surface area contributed by atoms with Crippen LogP contribution in [0.15, 0.2) is 53.7 Å². The number of hydrogen-bond acceptors (Lipinski definition) is 4. The van der Waals surface area contributed by atoms with Crippen molar-refractivity contribution in [1.82, 2.24) is 4.98 Å². The fourth-order valence-corrected chi connectivity index (χ4v) is 3.65. The fourth-order valence-electron chi connectivity index (χ4n) is 2.39. The number of nitrogens with one attached hydrogen (secondary N) is 1. The zero-order valence-corrected chi connectivity index (χ0v) is 12.9. The lowest BCUT2D eigenvalue weighted by molar-refractivity contribution is 0.475. The zero-order valence-electron chi connectivity index (χ0n) is 12.1. The highest BCUT2D eigenvalue weighted by molar-refractivity contribution is 7.93. The normalized spacial score (nSPS) is 11.6. The molecular formula is C16H13FN2O3S. The second-order valence-corrected chi connectivity index (χ2v) is 6.78. The van der Waals surface area contributed by atoms with E-state index < -0.39 is 15.8 Å². The largest absolute Gasteiger partial charge is 0.508 e. The molecule has 0 bridgehead atoms. The Bertz CT molecular complexity index is 983. The van der Waals surface area contributed by atoms with Crippen LogP contribution < -0.4 is 4.72 Å². The number of benzene rings is 2. The molecule has 0 atom stereocenters. The van der Waals surface area contributed by atoms with Crippen LogP contribution in [0.3, 0.4) is 0 Å². The Morgan fingerprint density at radius 2 is 1.91 bits per heavy atom. The molecule has 1 aromatic heterocycles. The van der Waals surface area contributed by atoms with Crippen LogP contribution in [0.5, 0.6) is 5.75 Å². The number of hydrogen-bond donors (Lipinski definition) is 2. The number of phenols is 1. The Hall–Kier alpha value is -2.67. The first-order valence-corrected chi connectivity index (χ1v) is 8.21. The van der Waals surface area contributed by atoms with Crippen molar-refractivity contribution in [3.05, 3.63) is 60.2 Å². The van der Waals surface area contributed by atoms with E-state index >= 15 is 0 Å². The third-order valence-electron chi connectivity index (χ3n) is 3.33. The highest BCUT2D eigenvalue weighted by Gasteiger charge is 2.19. The van der Waals surface area contributed by atoms with Gasteiger partial charge in [0.2, 0.25) is 0 Å². The first kappa shape index (κ1) is 15.2. The first-order valence-electron chi connectivity index (χ1n) is 6.72. The molecule has 3 rings (SSSR count). The maximum atomic E-state index is 13.8. The van der Waals surface area contributed by atoms with Gasteiger partial charge in [-0.1, -0.05) is 0 Å². The first-order chi connectivity index (χ1) is 10.9. The van der Waals surface area contributed by atoms with Gasteiger partial charge in [0.25, 0.3) is 10.0 Å². The summed E-state index contributed by atoms with van der Waals surface area (Å²) in [6, 6.07) is 8.14. The lowest BCUT2D eigenvalue weighted by Gasteiger charge is -2.11. The Kier molecular flexibility index (Phi) is 3.65. The molecule has 0 saturated heterocycles. The van der Waals surface area contributed by atoms with Gasteiger partial charge in [-0.3, -0.25) is 9.71 Å². The summed E-state index contributed by atoms with van der Waals surface area (Å²) in [7, 11) is -3.95. The van der Waals surface area contributed by atoms with Crippen LogP contribution in [0, 0.1) is 12.7 Å². The average molecular weight is 332 g/mol. The fraction of sp³-hybridized carbons (Fsp3) is 0.0625. The van der Waals surface area contributed by atoms with Crippen molar-refractivity contribution in [2.45, 2.75) is 11.8 Å². The van der Waals surface area contributed by atoms with Crippen molar-refractivity contribution in [2.24, 2.45) is 0 Å². The van der Waals surface area contributed by atoms with Crippen molar-refractivity contribution in [1.29, 1.82) is 0 Å². The second-order valence-electron chi connectivity index (χ2n) is 5.13. The van der Waals surface area contributed by atoms with E-state index in [1.165, 1.54) is 36.7 Å². The molecule has 7 heteroatoms. The van der Waals surface area contributed by atoms with Crippen LogP contribution >= 0.6 is 0 Å². The Labute approximate surface area is 132 Å². The molecule has 0 aliphatic heterocycles. The van der Waals surface area contributed by atoms with E-state index in [4.69, 9.17) is 0 Å². The molecule has 0 amide bonds. The minimum atomic E-state index is -3.95. The standard InChI is InChI=1S/C16H13FN2O3S/c1-10-6-11(8-12(20)7-10)19-23(21,22)16-3-2-15(17)14-9-18-5-4-13(14)16/h2-9,19-20H,1H3. The Morgan fingerprint density at radius 1 is 1.13 bits per heavy atom. The topological polar surface area (TPSA) is 79.3 Å². The Morgan fingerprint density at radius 3 is 2.65 bits per heavy atom. The lowest BCUT2D eigenvalue weighted by Crippen LogP contribution is -2.13. The number of rotatable bonds is 3. The molecule has 0 saturated carbocycles. The van der Waals surface area contributed by atoms with Crippen LogP contribution in [0.1, 0.15) is 5.56 Å². The summed E-state index contributed by atoms with van der Waals surface area (Å²) in [6.07, 6.45) is 2.68. The van der Waals surface area contributed by atoms with Crippen LogP contribution in [-0.2, 0) is 10.0 Å². The number of aryl methyl sites for hydroxylation is 1. The average Bonchev–Trinajstić information content (AvgIpc) is 2.46. The molecule has 5 nitrogen and oxygen atoms in total. The van der Waals surface area contributed by atoms with Crippen molar-refractivity contribution >= 4 is 26.5 Å². The number of sulfonamides is 1. The predicted octanol–water partition coefficient (Wildman–Crippen LogP) is 3.19. The summed E-state index contributed by atoms with van der Waals surface area (Å²) in [5.74, 6) is -0.587. The van der Waals surface area contributed by atoms with E-state index in [0.29, 0.717) is 5.56 Å². The maximum Gasteiger partial charge on any atom is 0.262 e. The highest BCUT2D eigenvalue weighted by Crippen LogP contribution is 2.27. The predicted molar refractivity (Wildman–Crippen MR) is 85.4 cm³/mol. The summed E-state index contributed by atoms with van der Waals surface area (Å²) < 4.78 is 41.4. The minimum Gasteiger partial charge on any atom is -0.508 e. The van der Waals surface area contributed by atoms with Crippen LogP contribution in [-0.4, -0.2) is 18.5 Å². The summed E-state index contributed by atoms with van der Waals surface area (Å²) >= 11 is 0. The number of pyridine rings is 1. The number of anilines is 1. The van der Waals surface area contributed by atoms with E-state index in [2.05, 4.69) is 9.71 Å². The van der Waals surface area contributed by atoms with Crippen LogP contribution in [0.2, 0.25) is 0 Å². The number of halogens is 1. The van der Waals surface area contributed by atoms with Gasteiger partial charge in [-0.05, 0) is 42.8 Å². The molecule has 2 aromatic carbocycles. The number of fused-ring (bicyclic) bond motifs is 1. The Balaban J connectivity index is 2.12. The van der Waals surface area contributed by atoms with Gasteiger partial charge < -0.3 is 5.11 Å². The SMILES string of the molecule is Cc1cc(O)cc(NS(=O)(=O)c2ccc(F)c3cnccc23)c1. The van der Waals surface area contributed by atoms with Crippen molar-refractivity contribution in [3.8, 4) is 5.75 Å². The van der Waals surface area contributed by atoms with Crippen LogP contribution in [0.25, 0.3) is 10.8 Å². The van der Waals surface area contributed by atoms with Crippen molar-refractivity contribution < 1.29 is 17.9 Å². The number of phenolic OH excluding ortho intramolecular Hbond substituents is 1. The van der Waals surface area contributed by atoms with Gasteiger partial charge in [-0.15, -0.1) is 0 Å². The summed E-state index contributed by atoms with van der Waals surface area (Å²) in [4.78, 5) is 3.76. The third-order valence-corrected chi connectivity index (χ3v) is 4.77. The molecule has 2 N–H and O–H groups in total. The second kappa shape index (κ2) is 5.51. The van der Waals surface area contributed by atoms with E-state index in [0.717, 1.165) is 6.07 Å². The van der Waals surface area contributed by atoms with Crippen molar-refractivity contribution in [2.75, 3.05) is 4.72 Å². The van der Waals surface area contributed by atoms with Gasteiger partial charge in [-0.25, -0.2) is 12.8 Å². The van der Waals surface area contributed by atoms with E-state index in [1.807, 2.05) is 0 Å². The summed E-state index contributed by atoms with van der Waals surface area (Å²) in [5.41, 5.74) is 0.935. The number of nitrogens with zero attached hydrogens (tertiary/aromatic N) is 1. The molecule has 0 radical (unpaired) electrons. The third kappa shape index (κ3) is 2.95. The quantitative estimate of drug-likeness (QED) is 0.772. The number of aromatic nitrogens is 1. The smallest absolute Gasteiger partial charge is 0.262 e. The summed E-state index contributed by atoms with van der Waals surface area (Å²) in [6.45, 7) is 1.73. The molecule has 1 heterocycles. The molecule has 0 aliphatic rings. The van der Waals surface area contributed by atoms with Crippen molar-refractivity contribution in [3.63, 3.8) is 0 Å². The molecule has 3 aromatic rings. The number of aromatic hydroxyl groups is 1. The van der Waals surface area contributed by atoms with Gasteiger partial charge in [0.1, 0.15) is 11.6 Å². The molecule has 118 valence electrons. The molecule has 23 heavy (non-hydrogen) atoms. The molecular weight excluding hydrogens is 319 g/mol. The van der Waals surface area contributed by atoms with Crippen LogP contribution in [0.4, 0.5) is 10.1 Å². The van der Waals surface area contributed by atoms with Gasteiger partial charge in [-0.2, -0.15) is 0 Å². The van der Waals surface area contributed by atoms with E-state index in [1.54, 1.807) is 13.0 Å². The summed E-state index contributed by atoms with van der Waals surface area (Å²) in [5, 5.41) is 9.94. The minimum absolute atomic E-state index is 0.0455. The molecule has 0 fully saturated rings. The van der Waals surface area contributed by atoms with Gasteiger partial charge in [0, 0.05) is 29.2 Å².